The van der Waals surface area contributed by atoms with Crippen LogP contribution in [0.3, 0.4) is 0 Å². The molecule has 0 N–H and O–H groups in total. The van der Waals surface area contributed by atoms with Gasteiger partial charge in [-0.3, -0.25) is 0 Å². The summed E-state index contributed by atoms with van der Waals surface area (Å²) in [7, 11) is 0. The largest absolute Gasteiger partial charge is 0.319 e. The first-order chi connectivity index (χ1) is 54.5. The van der Waals surface area contributed by atoms with E-state index >= 15 is 0 Å². The molecule has 13 aromatic carbocycles. The number of aromatic nitrogens is 8. The molecular weight excluding hydrogens is 1640 g/mol. The Bertz CT molecular complexity index is 6940. The molecule has 0 saturated carbocycles. The molecule has 0 amide bonds. The first-order valence-corrected chi connectivity index (χ1v) is 34.4. The van der Waals surface area contributed by atoms with Crippen molar-refractivity contribution in [1.29, 1.82) is 0 Å². The molecule has 0 spiro atoms. The van der Waals surface area contributed by atoms with E-state index in [9.17, 15) is 0 Å². The maximum Gasteiger partial charge on any atom is 0.188 e. The number of nitrogens with zero attached hydrogens (tertiary/aromatic N) is 8. The predicted octanol–water partition coefficient (Wildman–Crippen LogP) is 21.5. The molecule has 2 aliphatic carbocycles. The van der Waals surface area contributed by atoms with Crippen molar-refractivity contribution in [3.05, 3.63) is 414 Å². The number of pyridine rings is 2. The van der Waals surface area contributed by atoms with Crippen LogP contribution in [-0.4, -0.2) is 37.4 Å². The minimum absolute atomic E-state index is 0. The van der Waals surface area contributed by atoms with Gasteiger partial charge in [-0.05, 0) is 141 Å². The number of benzene rings is 13. The molecule has 21 rings (SSSR count). The minimum Gasteiger partial charge on any atom is -0.319 e. The van der Waals surface area contributed by atoms with Crippen LogP contribution in [0.15, 0.2) is 334 Å². The number of hydrogen-bond acceptors (Lipinski definition) is 2. The van der Waals surface area contributed by atoms with Crippen LogP contribution in [0.5, 0.6) is 0 Å². The summed E-state index contributed by atoms with van der Waals surface area (Å²) < 4.78 is 85.5. The van der Waals surface area contributed by atoms with E-state index in [2.05, 4.69) is 257 Å². The molecule has 0 atom stereocenters. The third-order valence-electron chi connectivity index (χ3n) is 21.0. The van der Waals surface area contributed by atoms with Crippen LogP contribution in [0.2, 0.25) is 0 Å². The van der Waals surface area contributed by atoms with Gasteiger partial charge in [0, 0.05) is 131 Å². The summed E-state index contributed by atoms with van der Waals surface area (Å²) in [6.45, 7) is -6.96. The predicted molar refractivity (Wildman–Crippen MR) is 417 cm³/mol. The SMILES string of the molecule is [2H]C([2H])([2H])c1ccnc(-n2c3[c-]c(C4(c5[c-]c(-n6[cH+]n(-c7ccccc7)c7ccccc76)ccc5)c5ccccc5-c5ccccc54)ccc3c3ccccc32)c1.[2H]C([2H])([2H])c1ccnc(-n2c3[c-]c(C4(c5[c-]c(-n6[cH+]n(C([2H])([2H])[2H])c7ccccc76)ccc5)c5ccccc5-c5ccccc54)ccc3c3ccccc32)c1.[Pt].[Pt]. The standard InChI is InChI=1S/C50H33N4.C45H31N4.2Pt/c1-34-28-29-51-49(30-34)54-45-23-10-7-20-41(45)42-27-26-36(32-48(42)54)50(43-21-8-5-18-39(43)40-19-6-9-22-44(40)50)35-14-13-17-38(31-35)53-33-52(37-15-3-2-4-16-37)46-24-11-12-25-47(46)53;1-30-24-25-46-44(26-30)49-40-19-8-5-16-36(40)37-23-22-32(28-43(37)49)45(38-17-6-3-14-34(38)35-15-4-7-18-39(35)45)31-12-11-13-33(27-31)48-29-47(2)41-20-9-10-21-42(41)48;;/h2-30,33H,1H3;3-26,29H,1-2H3;;/q2*-1;;/i1D3;1D3,2D3;;. The van der Waals surface area contributed by atoms with Gasteiger partial charge in [-0.2, -0.15) is 65.2 Å². The maximum absolute atomic E-state index is 8.28. The van der Waals surface area contributed by atoms with Gasteiger partial charge in [0.15, 0.2) is 34.7 Å². The van der Waals surface area contributed by atoms with Crippen LogP contribution >= 0.6 is 0 Å². The van der Waals surface area contributed by atoms with E-state index in [0.717, 1.165) is 127 Å². The molecule has 8 nitrogen and oxygen atoms in total. The van der Waals surface area contributed by atoms with Gasteiger partial charge in [0.25, 0.3) is 0 Å². The minimum atomic E-state index is -2.38. The molecular formula is C95H64N8Pt2-2. The zero-order valence-corrected chi connectivity index (χ0v) is 60.5. The van der Waals surface area contributed by atoms with Crippen LogP contribution in [0.1, 0.15) is 68.0 Å². The first kappa shape index (κ1) is 55.7. The number of rotatable bonds is 9. The number of para-hydroxylation sites is 7. The monoisotopic (exact) mass is 1720 g/mol. The fraction of sp³-hybridized carbons (Fsp3) is 0.0526. The number of hydrogen-bond donors (Lipinski definition) is 0. The second-order valence-corrected chi connectivity index (χ2v) is 26.4. The molecule has 0 unspecified atom stereocenters. The second kappa shape index (κ2) is 25.8. The molecule has 6 heterocycles. The van der Waals surface area contributed by atoms with Crippen LogP contribution in [0.25, 0.3) is 117 Å². The number of fused-ring (bicyclic) bond motifs is 14. The van der Waals surface area contributed by atoms with Gasteiger partial charge in [-0.1, -0.05) is 181 Å². The van der Waals surface area contributed by atoms with Crippen molar-refractivity contribution in [2.75, 3.05) is 0 Å². The summed E-state index contributed by atoms with van der Waals surface area (Å²) in [5, 5.41) is 4.00. The van der Waals surface area contributed by atoms with E-state index in [-0.39, 0.29) is 53.3 Å². The second-order valence-electron chi connectivity index (χ2n) is 26.4. The molecule has 6 aromatic heterocycles. The van der Waals surface area contributed by atoms with Crippen molar-refractivity contribution in [2.45, 2.75) is 24.5 Å². The Kier molecular flexibility index (Phi) is 13.7. The van der Waals surface area contributed by atoms with E-state index < -0.39 is 31.5 Å². The summed E-state index contributed by atoms with van der Waals surface area (Å²) in [6, 6.07) is 120. The Labute approximate surface area is 649 Å². The fourth-order valence-corrected chi connectivity index (χ4v) is 16.7. The molecule has 0 fully saturated rings. The quantitative estimate of drug-likeness (QED) is 0.135. The van der Waals surface area contributed by atoms with E-state index in [4.69, 9.17) is 22.3 Å². The normalized spacial score (nSPS) is 14.5. The van der Waals surface area contributed by atoms with Crippen molar-refractivity contribution in [1.82, 2.24) is 37.4 Å². The van der Waals surface area contributed by atoms with Gasteiger partial charge in [0.05, 0.1) is 0 Å². The molecule has 0 bridgehead atoms. The Balaban J connectivity index is 0.000000156. The topological polar surface area (TPSA) is 55.4 Å². The summed E-state index contributed by atoms with van der Waals surface area (Å²) in [4.78, 5) is 9.45. The van der Waals surface area contributed by atoms with Gasteiger partial charge in [-0.15, -0.1) is 51.2 Å². The van der Waals surface area contributed by atoms with Gasteiger partial charge in [-0.25, -0.2) is 23.7 Å². The molecule has 19 aromatic rings. The van der Waals surface area contributed by atoms with E-state index in [1.807, 2.05) is 81.9 Å². The van der Waals surface area contributed by atoms with E-state index in [0.29, 0.717) is 22.8 Å². The van der Waals surface area contributed by atoms with Crippen molar-refractivity contribution in [2.24, 2.45) is 6.98 Å². The van der Waals surface area contributed by atoms with Gasteiger partial charge < -0.3 is 9.13 Å². The number of imidazole rings is 2. The molecule has 0 aliphatic heterocycles. The van der Waals surface area contributed by atoms with Crippen LogP contribution in [0.4, 0.5) is 0 Å². The average Bonchev–Trinajstić information content (AvgIpc) is 1.53. The third-order valence-corrected chi connectivity index (χ3v) is 21.0. The Morgan fingerprint density at radius 1 is 0.324 bits per heavy atom. The Morgan fingerprint density at radius 3 is 1.16 bits per heavy atom. The molecule has 0 saturated heterocycles. The summed E-state index contributed by atoms with van der Waals surface area (Å²) >= 11 is 0. The Morgan fingerprint density at radius 2 is 0.705 bits per heavy atom. The molecule has 105 heavy (non-hydrogen) atoms. The maximum atomic E-state index is 8.28. The van der Waals surface area contributed by atoms with Gasteiger partial charge in [0.1, 0.15) is 17.3 Å². The zero-order valence-electron chi connectivity index (χ0n) is 65.0. The molecule has 2 aliphatic rings. The van der Waals surface area contributed by atoms with Crippen molar-refractivity contribution in [3.8, 4) is 51.0 Å². The van der Waals surface area contributed by atoms with Crippen molar-refractivity contribution < 1.29 is 54.5 Å². The zero-order chi connectivity index (χ0) is 76.0. The van der Waals surface area contributed by atoms with Crippen molar-refractivity contribution in [3.63, 3.8) is 0 Å². The van der Waals surface area contributed by atoms with Crippen LogP contribution < -0.4 is 0 Å². The average molecular weight is 1720 g/mol. The van der Waals surface area contributed by atoms with Crippen molar-refractivity contribution >= 4 is 65.7 Å². The smallest absolute Gasteiger partial charge is 0.188 e. The van der Waals surface area contributed by atoms with Crippen LogP contribution in [0, 0.1) is 38.0 Å². The molecule has 506 valence electrons. The van der Waals surface area contributed by atoms with Crippen LogP contribution in [-0.2, 0) is 59.9 Å². The summed E-state index contributed by atoms with van der Waals surface area (Å²) in [5.74, 6) is 1.02. The molecule has 0 radical (unpaired) electrons. The van der Waals surface area contributed by atoms with E-state index in [1.165, 1.54) is 21.8 Å². The van der Waals surface area contributed by atoms with Gasteiger partial charge in [0.2, 0.25) is 0 Å². The third kappa shape index (κ3) is 9.95. The fourth-order valence-electron chi connectivity index (χ4n) is 16.7. The summed E-state index contributed by atoms with van der Waals surface area (Å²) in [6.07, 6.45) is 6.91. The first-order valence-electron chi connectivity index (χ1n) is 38.9. The Hall–Kier alpha value is -11.9. The van der Waals surface area contributed by atoms with Gasteiger partial charge >= 0.3 is 0 Å². The number of aryl methyl sites for hydroxylation is 3. The van der Waals surface area contributed by atoms with E-state index in [1.54, 1.807) is 36.9 Å². The molecule has 10 heteroatoms. The summed E-state index contributed by atoms with van der Waals surface area (Å²) in [5.41, 5.74) is 21.0.